The number of carbonyl (C=O) groups is 3. The number of ketones is 2. The number of ether oxygens (including phenoxy) is 3. The minimum Gasteiger partial charge on any atom is -0.507 e. The highest BCUT2D eigenvalue weighted by atomic mass is 35.5. The van der Waals surface area contributed by atoms with Gasteiger partial charge in [-0.05, 0) is 19.9 Å². The van der Waals surface area contributed by atoms with Gasteiger partial charge in [-0.15, -0.1) is 12.4 Å². The Morgan fingerprint density at radius 3 is 2.50 bits per heavy atom. The van der Waals surface area contributed by atoms with Crippen LogP contribution in [0.1, 0.15) is 75.8 Å². The molecule has 1 aliphatic heterocycles. The summed E-state index contributed by atoms with van der Waals surface area (Å²) in [5.74, 6) is -3.49. The Balaban J connectivity index is 0.00000442. The van der Waals surface area contributed by atoms with Crippen LogP contribution in [0.25, 0.3) is 0 Å². The van der Waals surface area contributed by atoms with Crippen LogP contribution in [-0.4, -0.2) is 92.6 Å². The number of hydrogen-bond donors (Lipinski definition) is 7. The first-order valence-corrected chi connectivity index (χ1v) is 13.6. The van der Waals surface area contributed by atoms with Crippen molar-refractivity contribution in [1.29, 1.82) is 0 Å². The van der Waals surface area contributed by atoms with E-state index >= 15 is 0 Å². The Hall–Kier alpha value is -3.63. The smallest absolute Gasteiger partial charge is 0.265 e. The van der Waals surface area contributed by atoms with Gasteiger partial charge in [-0.1, -0.05) is 12.1 Å². The maximum absolute atomic E-state index is 13.8. The molecule has 2 aromatic carbocycles. The first-order valence-electron chi connectivity index (χ1n) is 13.6. The second-order valence-corrected chi connectivity index (χ2v) is 11.0. The van der Waals surface area contributed by atoms with Gasteiger partial charge in [0.2, 0.25) is 5.78 Å². The molecule has 6 atom stereocenters. The van der Waals surface area contributed by atoms with Crippen LogP contribution >= 0.6 is 12.4 Å². The number of nitrogens with one attached hydrogen (secondary N) is 1. The van der Waals surface area contributed by atoms with Crippen LogP contribution in [0.4, 0.5) is 0 Å². The lowest BCUT2D eigenvalue weighted by Gasteiger charge is -2.42. The zero-order valence-corrected chi connectivity index (χ0v) is 24.9. The third-order valence-electron chi connectivity index (χ3n) is 8.31. The number of carbonyl (C=O) groups excluding carboxylic acids is 3. The number of nitrogens with zero attached hydrogens (tertiary/aromatic N) is 1. The lowest BCUT2D eigenvalue weighted by atomic mass is 9.72. The van der Waals surface area contributed by atoms with Crippen LogP contribution in [0.15, 0.2) is 23.3 Å². The number of phenolic OH excluding ortho intramolecular Hbond substituents is 2. The summed E-state index contributed by atoms with van der Waals surface area (Å²) in [6, 6.07) is 3.69. The highest BCUT2D eigenvalue weighted by Gasteiger charge is 2.49. The predicted octanol–water partition coefficient (Wildman–Crippen LogP) is 0.346. The number of phenols is 2. The minimum atomic E-state index is -1.91. The number of aliphatic hydroxyl groups excluding tert-OH is 2. The number of halogens is 1. The number of fused-ring (bicyclic) bond motifs is 3. The summed E-state index contributed by atoms with van der Waals surface area (Å²) < 4.78 is 17.3. The summed E-state index contributed by atoms with van der Waals surface area (Å²) in [6.07, 6.45) is -4.64. The Morgan fingerprint density at radius 1 is 1.18 bits per heavy atom. The third-order valence-corrected chi connectivity index (χ3v) is 8.31. The summed E-state index contributed by atoms with van der Waals surface area (Å²) in [7, 11) is 1.33. The number of rotatable bonds is 6. The molecule has 1 amide bonds. The molecule has 5 rings (SSSR count). The molecule has 14 nitrogen and oxygen atoms in total. The standard InChI is InChI=1S/C29H33N3O11.ClH/c1-11-24(35)15(30)7-19(42-11)43-17-9-29(40,12(2)31-32-18(34)10-33)8-14-21(17)28(39)23-22(26(14)37)25(36)13-5-4-6-16(41-3)20(13)27(23)38;/h4-6,11,15,17,19,24,33,35,37,39-40H,7-10,30H2,1-3H3,(H,32,34);1H/b31-12+;/t11?,15?,17?,19?,24?,29-;/m0./s1. The highest BCUT2D eigenvalue weighted by Crippen LogP contribution is 2.52. The molecule has 0 bridgehead atoms. The average molecular weight is 636 g/mol. The van der Waals surface area contributed by atoms with Crippen molar-refractivity contribution in [2.45, 2.75) is 69.4 Å². The second-order valence-electron chi connectivity index (χ2n) is 11.0. The van der Waals surface area contributed by atoms with Crippen molar-refractivity contribution in [2.75, 3.05) is 13.7 Å². The number of aliphatic hydroxyl groups is 3. The van der Waals surface area contributed by atoms with Crippen molar-refractivity contribution in [1.82, 2.24) is 5.43 Å². The van der Waals surface area contributed by atoms with Crippen LogP contribution in [0.3, 0.4) is 0 Å². The van der Waals surface area contributed by atoms with Gasteiger partial charge in [-0.25, -0.2) is 5.43 Å². The van der Waals surface area contributed by atoms with E-state index in [9.17, 15) is 34.8 Å². The van der Waals surface area contributed by atoms with Gasteiger partial charge in [0.05, 0.1) is 47.8 Å². The Labute approximate surface area is 257 Å². The van der Waals surface area contributed by atoms with E-state index in [1.807, 2.05) is 0 Å². The number of hydrogen-bond acceptors (Lipinski definition) is 13. The van der Waals surface area contributed by atoms with Crippen molar-refractivity contribution in [3.05, 3.63) is 51.6 Å². The molecule has 8 N–H and O–H groups in total. The van der Waals surface area contributed by atoms with Gasteiger partial charge in [0.25, 0.3) is 5.91 Å². The molecule has 3 aliphatic rings. The molecule has 15 heteroatoms. The fourth-order valence-corrected chi connectivity index (χ4v) is 5.95. The van der Waals surface area contributed by atoms with Gasteiger partial charge in [0, 0.05) is 42.0 Å². The normalized spacial score (nSPS) is 27.9. The molecule has 0 spiro atoms. The van der Waals surface area contributed by atoms with Crippen molar-refractivity contribution in [3.8, 4) is 17.2 Å². The highest BCUT2D eigenvalue weighted by molar-refractivity contribution is 6.31. The number of benzene rings is 2. The van der Waals surface area contributed by atoms with E-state index in [1.165, 1.54) is 32.2 Å². The minimum absolute atomic E-state index is 0. The molecule has 5 unspecified atom stereocenters. The third kappa shape index (κ3) is 5.43. The molecule has 2 aromatic rings. The molecule has 2 aliphatic carbocycles. The number of nitrogens with two attached hydrogens (primary N) is 1. The topological polar surface area (TPSA) is 230 Å². The maximum atomic E-state index is 13.8. The number of amides is 1. The van der Waals surface area contributed by atoms with E-state index in [1.54, 1.807) is 6.92 Å². The first-order chi connectivity index (χ1) is 20.3. The Kier molecular flexibility index (Phi) is 9.38. The molecular weight excluding hydrogens is 602 g/mol. The van der Waals surface area contributed by atoms with E-state index in [4.69, 9.17) is 25.1 Å². The zero-order valence-electron chi connectivity index (χ0n) is 24.1. The summed E-state index contributed by atoms with van der Waals surface area (Å²) >= 11 is 0. The van der Waals surface area contributed by atoms with E-state index in [0.29, 0.717) is 0 Å². The van der Waals surface area contributed by atoms with Crippen molar-refractivity contribution >= 4 is 35.6 Å². The fourth-order valence-electron chi connectivity index (χ4n) is 5.95. The van der Waals surface area contributed by atoms with Crippen molar-refractivity contribution in [3.63, 3.8) is 0 Å². The molecule has 44 heavy (non-hydrogen) atoms. The number of aromatic hydroxyl groups is 2. The van der Waals surface area contributed by atoms with Crippen LogP contribution in [0.5, 0.6) is 17.2 Å². The molecule has 1 fully saturated rings. The van der Waals surface area contributed by atoms with Gasteiger partial charge in [0.15, 0.2) is 12.1 Å². The maximum Gasteiger partial charge on any atom is 0.265 e. The van der Waals surface area contributed by atoms with Gasteiger partial charge in [-0.2, -0.15) is 5.10 Å². The molecule has 238 valence electrons. The SMILES string of the molecule is COc1cccc2c1C(=O)c1c(O)c3c(c(O)c1C2=O)C[C@@](O)(/C(C)=N/NC(=O)CO)CC3OC1CC(N)C(O)C(C)O1.Cl. The van der Waals surface area contributed by atoms with Crippen molar-refractivity contribution < 1.29 is 54.1 Å². The molecule has 0 radical (unpaired) electrons. The van der Waals surface area contributed by atoms with Crippen LogP contribution < -0.4 is 15.9 Å². The summed E-state index contributed by atoms with van der Waals surface area (Å²) in [6.45, 7) is 2.15. The first kappa shape index (κ1) is 33.3. The quantitative estimate of drug-likeness (QED) is 0.110. The monoisotopic (exact) mass is 635 g/mol. The van der Waals surface area contributed by atoms with E-state index in [0.717, 1.165) is 0 Å². The summed E-state index contributed by atoms with van der Waals surface area (Å²) in [5.41, 5.74) is 5.10. The van der Waals surface area contributed by atoms with Gasteiger partial charge in [-0.3, -0.25) is 14.4 Å². The average Bonchev–Trinajstić information content (AvgIpc) is 2.98. The van der Waals surface area contributed by atoms with Crippen molar-refractivity contribution in [2.24, 2.45) is 10.8 Å². The van der Waals surface area contributed by atoms with Gasteiger partial charge >= 0.3 is 0 Å². The van der Waals surface area contributed by atoms with Gasteiger partial charge in [0.1, 0.15) is 29.5 Å². The van der Waals surface area contributed by atoms with Crippen LogP contribution in [0.2, 0.25) is 0 Å². The molecular formula is C29H34ClN3O11. The lowest BCUT2D eigenvalue weighted by molar-refractivity contribution is -0.245. The van der Waals surface area contributed by atoms with E-state index in [2.05, 4.69) is 10.5 Å². The molecule has 0 aromatic heterocycles. The van der Waals surface area contributed by atoms with Gasteiger partial charge < -0.3 is 45.5 Å². The number of methoxy groups -OCH3 is 1. The Bertz CT molecular complexity index is 1540. The molecule has 1 heterocycles. The summed E-state index contributed by atoms with van der Waals surface area (Å²) in [4.78, 5) is 39.1. The fraction of sp³-hybridized carbons (Fsp3) is 0.448. The summed E-state index contributed by atoms with van der Waals surface area (Å²) in [5, 5.41) is 58.1. The second kappa shape index (κ2) is 12.4. The van der Waals surface area contributed by atoms with Crippen LogP contribution in [0, 0.1) is 0 Å². The largest absolute Gasteiger partial charge is 0.507 e. The van der Waals surface area contributed by atoms with Crippen LogP contribution in [-0.2, 0) is 20.7 Å². The predicted molar refractivity (Wildman–Crippen MR) is 155 cm³/mol. The van der Waals surface area contributed by atoms with E-state index in [-0.39, 0.29) is 59.0 Å². The molecule has 1 saturated heterocycles. The van der Waals surface area contributed by atoms with E-state index < -0.39 is 89.4 Å². The number of hydrazone groups is 1. The molecule has 0 saturated carbocycles. The lowest BCUT2D eigenvalue weighted by Crippen LogP contribution is -2.52. The zero-order chi connectivity index (χ0) is 31.4. The Morgan fingerprint density at radius 2 is 1.86 bits per heavy atom.